The Morgan fingerprint density at radius 3 is 2.89 bits per heavy atom. The number of rotatable bonds is 5. The zero-order valence-electron chi connectivity index (χ0n) is 10.8. The van der Waals surface area contributed by atoms with E-state index in [1.165, 1.54) is 6.07 Å². The fraction of sp³-hybridized carbons (Fsp3) is 0.385. The molecule has 0 radical (unpaired) electrons. The van der Waals surface area contributed by atoms with Crippen molar-refractivity contribution in [3.63, 3.8) is 0 Å². The Bertz CT molecular complexity index is 559. The maximum Gasteiger partial charge on any atom is 0.247 e. The molecule has 0 spiro atoms. The second kappa shape index (κ2) is 6.25. The van der Waals surface area contributed by atoms with Gasteiger partial charge in [0.2, 0.25) is 11.8 Å². The van der Waals surface area contributed by atoms with Crippen molar-refractivity contribution in [2.24, 2.45) is 0 Å². The summed E-state index contributed by atoms with van der Waals surface area (Å²) < 4.78 is 19.1. The molecule has 1 heterocycles. The van der Waals surface area contributed by atoms with Gasteiger partial charge in [-0.3, -0.25) is 0 Å². The van der Waals surface area contributed by atoms with Crippen molar-refractivity contribution in [2.75, 3.05) is 6.54 Å². The minimum atomic E-state index is -0.318. The molecule has 0 saturated heterocycles. The van der Waals surface area contributed by atoms with Gasteiger partial charge in [-0.25, -0.2) is 4.39 Å². The second-order valence-electron chi connectivity index (χ2n) is 4.25. The van der Waals surface area contributed by atoms with Crippen LogP contribution in [0.3, 0.4) is 0 Å². The normalized spacial score (nSPS) is 12.6. The maximum atomic E-state index is 13.2. The molecule has 19 heavy (non-hydrogen) atoms. The largest absolute Gasteiger partial charge is 0.419 e. The van der Waals surface area contributed by atoms with Crippen molar-refractivity contribution in [3.8, 4) is 11.5 Å². The summed E-state index contributed by atoms with van der Waals surface area (Å²) in [6.45, 7) is 4.95. The summed E-state index contributed by atoms with van der Waals surface area (Å²) in [6, 6.07) is 4.60. The van der Waals surface area contributed by atoms with Crippen molar-refractivity contribution in [1.29, 1.82) is 0 Å². The Balaban J connectivity index is 2.18. The molecule has 0 aliphatic carbocycles. The van der Waals surface area contributed by atoms with Crippen molar-refractivity contribution in [3.05, 3.63) is 34.4 Å². The van der Waals surface area contributed by atoms with E-state index in [1.807, 2.05) is 6.92 Å². The summed E-state index contributed by atoms with van der Waals surface area (Å²) in [6.07, 6.45) is 1.04. The van der Waals surface area contributed by atoms with Crippen LogP contribution in [0, 0.1) is 5.82 Å². The fourth-order valence-corrected chi connectivity index (χ4v) is 1.98. The highest BCUT2D eigenvalue weighted by Crippen LogP contribution is 2.25. The molecule has 1 N–H and O–H groups in total. The van der Waals surface area contributed by atoms with E-state index in [-0.39, 0.29) is 11.9 Å². The third kappa shape index (κ3) is 3.39. The molecule has 1 unspecified atom stereocenters. The Hall–Kier alpha value is -1.27. The van der Waals surface area contributed by atoms with Crippen molar-refractivity contribution < 1.29 is 8.81 Å². The average molecular weight is 328 g/mol. The topological polar surface area (TPSA) is 51.0 Å². The smallest absolute Gasteiger partial charge is 0.247 e. The summed E-state index contributed by atoms with van der Waals surface area (Å²) in [5, 5.41) is 11.3. The molecule has 0 amide bonds. The molecule has 1 aromatic carbocycles. The van der Waals surface area contributed by atoms with Crippen LogP contribution in [0.15, 0.2) is 27.1 Å². The van der Waals surface area contributed by atoms with Gasteiger partial charge in [0.15, 0.2) is 0 Å². The van der Waals surface area contributed by atoms with Gasteiger partial charge in [-0.2, -0.15) is 0 Å². The van der Waals surface area contributed by atoms with Crippen LogP contribution in [0.1, 0.15) is 32.2 Å². The summed E-state index contributed by atoms with van der Waals surface area (Å²) >= 11 is 3.14. The molecule has 0 bridgehead atoms. The van der Waals surface area contributed by atoms with Gasteiger partial charge in [0.05, 0.1) is 10.5 Å². The Kier molecular flexibility index (Phi) is 4.66. The predicted octanol–water partition coefficient (Wildman–Crippen LogP) is 3.70. The lowest BCUT2D eigenvalue weighted by atomic mass is 10.2. The maximum absolute atomic E-state index is 13.2. The molecule has 2 rings (SSSR count). The van der Waals surface area contributed by atoms with Gasteiger partial charge in [-0.05, 0) is 54.0 Å². The first kappa shape index (κ1) is 14.1. The van der Waals surface area contributed by atoms with Crippen LogP contribution < -0.4 is 5.32 Å². The molecule has 6 heteroatoms. The van der Waals surface area contributed by atoms with Crippen molar-refractivity contribution in [1.82, 2.24) is 15.5 Å². The van der Waals surface area contributed by atoms with E-state index in [0.717, 1.165) is 13.0 Å². The monoisotopic (exact) mass is 327 g/mol. The SMILES string of the molecule is CCCNC(C)c1nnc(-c2ccc(F)c(Br)c2)o1. The molecule has 0 aliphatic heterocycles. The molecule has 1 aromatic heterocycles. The molecule has 1 atom stereocenters. The third-order valence-electron chi connectivity index (χ3n) is 2.68. The third-order valence-corrected chi connectivity index (χ3v) is 3.29. The van der Waals surface area contributed by atoms with Gasteiger partial charge < -0.3 is 9.73 Å². The molecule has 0 aliphatic rings. The average Bonchev–Trinajstić information content (AvgIpc) is 2.89. The Labute approximate surface area is 119 Å². The highest BCUT2D eigenvalue weighted by Gasteiger charge is 2.14. The van der Waals surface area contributed by atoms with E-state index >= 15 is 0 Å². The van der Waals surface area contributed by atoms with E-state index in [0.29, 0.717) is 21.8 Å². The standard InChI is InChI=1S/C13H15BrFN3O/c1-3-6-16-8(2)12-17-18-13(19-12)9-4-5-11(15)10(14)7-9/h4-5,7-8,16H,3,6H2,1-2H3. The Morgan fingerprint density at radius 1 is 1.42 bits per heavy atom. The number of halogens is 2. The molecule has 4 nitrogen and oxygen atoms in total. The Morgan fingerprint density at radius 2 is 2.21 bits per heavy atom. The van der Waals surface area contributed by atoms with Gasteiger partial charge >= 0.3 is 0 Å². The summed E-state index contributed by atoms with van der Waals surface area (Å²) in [5.74, 6) is 0.603. The number of hydrogen-bond acceptors (Lipinski definition) is 4. The minimum Gasteiger partial charge on any atom is -0.419 e. The highest BCUT2D eigenvalue weighted by atomic mass is 79.9. The quantitative estimate of drug-likeness (QED) is 0.909. The minimum absolute atomic E-state index is 0.00471. The van der Waals surface area contributed by atoms with Crippen molar-refractivity contribution in [2.45, 2.75) is 26.3 Å². The van der Waals surface area contributed by atoms with E-state index in [9.17, 15) is 4.39 Å². The summed E-state index contributed by atoms with van der Waals surface area (Å²) in [5.41, 5.74) is 0.690. The van der Waals surface area contributed by atoms with E-state index in [4.69, 9.17) is 4.42 Å². The molecule has 102 valence electrons. The molecule has 0 fully saturated rings. The first-order chi connectivity index (χ1) is 9.11. The van der Waals surface area contributed by atoms with Crippen molar-refractivity contribution >= 4 is 15.9 Å². The molecule has 0 saturated carbocycles. The zero-order chi connectivity index (χ0) is 13.8. The van der Waals surface area contributed by atoms with Gasteiger partial charge in [0.25, 0.3) is 0 Å². The number of nitrogens with zero attached hydrogens (tertiary/aromatic N) is 2. The van der Waals surface area contributed by atoms with Crippen LogP contribution in [0.2, 0.25) is 0 Å². The van der Waals surface area contributed by atoms with Crippen LogP contribution in [0.4, 0.5) is 4.39 Å². The number of aromatic nitrogens is 2. The van der Waals surface area contributed by atoms with Gasteiger partial charge in [0, 0.05) is 5.56 Å². The molecular weight excluding hydrogens is 313 g/mol. The lowest BCUT2D eigenvalue weighted by Crippen LogP contribution is -2.19. The number of hydrogen-bond donors (Lipinski definition) is 1. The van der Waals surface area contributed by atoms with Gasteiger partial charge in [-0.15, -0.1) is 10.2 Å². The van der Waals surface area contributed by atoms with Crippen LogP contribution >= 0.6 is 15.9 Å². The number of nitrogens with one attached hydrogen (secondary N) is 1. The van der Waals surface area contributed by atoms with Crippen LogP contribution in [-0.2, 0) is 0 Å². The lowest BCUT2D eigenvalue weighted by Gasteiger charge is -2.07. The van der Waals surface area contributed by atoms with Gasteiger partial charge in [0.1, 0.15) is 5.82 Å². The highest BCUT2D eigenvalue weighted by molar-refractivity contribution is 9.10. The first-order valence-corrected chi connectivity index (χ1v) is 6.93. The second-order valence-corrected chi connectivity index (χ2v) is 5.10. The first-order valence-electron chi connectivity index (χ1n) is 6.14. The van der Waals surface area contributed by atoms with Crippen LogP contribution in [-0.4, -0.2) is 16.7 Å². The summed E-state index contributed by atoms with van der Waals surface area (Å²) in [4.78, 5) is 0. The number of benzene rings is 1. The summed E-state index contributed by atoms with van der Waals surface area (Å²) in [7, 11) is 0. The van der Waals surface area contributed by atoms with E-state index in [2.05, 4.69) is 38.4 Å². The van der Waals surface area contributed by atoms with Crippen LogP contribution in [0.5, 0.6) is 0 Å². The fourth-order valence-electron chi connectivity index (χ4n) is 1.60. The lowest BCUT2D eigenvalue weighted by molar-refractivity contribution is 0.423. The zero-order valence-corrected chi connectivity index (χ0v) is 12.4. The molecular formula is C13H15BrFN3O. The van der Waals surface area contributed by atoms with E-state index < -0.39 is 0 Å². The van der Waals surface area contributed by atoms with Crippen LogP contribution in [0.25, 0.3) is 11.5 Å². The van der Waals surface area contributed by atoms with E-state index in [1.54, 1.807) is 12.1 Å². The molecule has 2 aromatic rings. The predicted molar refractivity (Wildman–Crippen MR) is 74.1 cm³/mol. The van der Waals surface area contributed by atoms with Gasteiger partial charge in [-0.1, -0.05) is 6.92 Å².